The molecule has 140 valence electrons. The van der Waals surface area contributed by atoms with Gasteiger partial charge in [0.05, 0.1) is 12.2 Å². The number of ether oxygens (including phenoxy) is 3. The molecule has 0 aromatic heterocycles. The van der Waals surface area contributed by atoms with Crippen LogP contribution in [0.25, 0.3) is 0 Å². The van der Waals surface area contributed by atoms with Crippen molar-refractivity contribution in [3.05, 3.63) is 65.7 Å². The van der Waals surface area contributed by atoms with Crippen molar-refractivity contribution in [2.45, 2.75) is 39.9 Å². The highest BCUT2D eigenvalue weighted by atomic mass is 16.6. The molecule has 0 aliphatic carbocycles. The third kappa shape index (κ3) is 6.89. The van der Waals surface area contributed by atoms with Crippen molar-refractivity contribution in [3.8, 4) is 5.75 Å². The highest BCUT2D eigenvalue weighted by Crippen LogP contribution is 2.15. The molecule has 0 saturated heterocycles. The molecule has 2 rings (SSSR count). The summed E-state index contributed by atoms with van der Waals surface area (Å²) in [4.78, 5) is 12.2. The smallest absolute Gasteiger partial charge is 0.338 e. The fourth-order valence-corrected chi connectivity index (χ4v) is 2.27. The summed E-state index contributed by atoms with van der Waals surface area (Å²) in [6.45, 7) is 7.70. The number of hydrogen-bond acceptors (Lipinski definition) is 4. The van der Waals surface area contributed by atoms with Gasteiger partial charge >= 0.3 is 5.97 Å². The minimum Gasteiger partial charge on any atom is -0.489 e. The van der Waals surface area contributed by atoms with E-state index >= 15 is 0 Å². The molecule has 0 spiro atoms. The Morgan fingerprint density at radius 3 is 2.31 bits per heavy atom. The molecule has 0 radical (unpaired) electrons. The topological polar surface area (TPSA) is 44.8 Å². The third-order valence-electron chi connectivity index (χ3n) is 4.10. The van der Waals surface area contributed by atoms with E-state index in [-0.39, 0.29) is 12.1 Å². The molecule has 26 heavy (non-hydrogen) atoms. The van der Waals surface area contributed by atoms with Crippen molar-refractivity contribution in [1.29, 1.82) is 0 Å². The Hall–Kier alpha value is -2.33. The van der Waals surface area contributed by atoms with Gasteiger partial charge in [-0.1, -0.05) is 50.6 Å². The number of esters is 1. The number of hydrogen-bond donors (Lipinski definition) is 0. The van der Waals surface area contributed by atoms with Crippen LogP contribution in [0.5, 0.6) is 5.75 Å². The van der Waals surface area contributed by atoms with Gasteiger partial charge in [0.2, 0.25) is 0 Å². The molecule has 2 aromatic carbocycles. The molecular weight excluding hydrogens is 328 g/mol. The van der Waals surface area contributed by atoms with Gasteiger partial charge < -0.3 is 14.2 Å². The lowest BCUT2D eigenvalue weighted by Gasteiger charge is -2.15. The molecule has 0 saturated carbocycles. The van der Waals surface area contributed by atoms with Crippen molar-refractivity contribution in [3.63, 3.8) is 0 Å². The summed E-state index contributed by atoms with van der Waals surface area (Å²) in [5.41, 5.74) is 1.60. The minimum atomic E-state index is -0.348. The summed E-state index contributed by atoms with van der Waals surface area (Å²) in [6.07, 6.45) is 0.799. The Balaban J connectivity index is 1.77. The Morgan fingerprint density at radius 1 is 0.962 bits per heavy atom. The zero-order valence-corrected chi connectivity index (χ0v) is 15.8. The van der Waals surface area contributed by atoms with Crippen molar-refractivity contribution in [1.82, 2.24) is 0 Å². The van der Waals surface area contributed by atoms with Crippen LogP contribution in [0, 0.1) is 5.92 Å². The second-order valence-electron chi connectivity index (χ2n) is 6.57. The van der Waals surface area contributed by atoms with Crippen molar-refractivity contribution in [2.24, 2.45) is 5.92 Å². The van der Waals surface area contributed by atoms with Gasteiger partial charge in [-0.3, -0.25) is 0 Å². The summed E-state index contributed by atoms with van der Waals surface area (Å²) >= 11 is 0. The van der Waals surface area contributed by atoms with Crippen molar-refractivity contribution in [2.75, 3.05) is 13.2 Å². The van der Waals surface area contributed by atoms with E-state index in [2.05, 4.69) is 13.8 Å². The molecule has 0 unspecified atom stereocenters. The maximum atomic E-state index is 12.2. The summed E-state index contributed by atoms with van der Waals surface area (Å²) in [7, 11) is 0. The average Bonchev–Trinajstić information content (AvgIpc) is 2.67. The van der Waals surface area contributed by atoms with E-state index < -0.39 is 0 Å². The first-order valence-corrected chi connectivity index (χ1v) is 9.14. The second kappa shape index (κ2) is 10.6. The Labute approximate surface area is 156 Å². The molecule has 4 nitrogen and oxygen atoms in total. The van der Waals surface area contributed by atoms with Gasteiger partial charge in [-0.15, -0.1) is 0 Å². The van der Waals surface area contributed by atoms with E-state index in [9.17, 15) is 4.79 Å². The van der Waals surface area contributed by atoms with Gasteiger partial charge in [0.1, 0.15) is 18.5 Å². The normalized spacial score (nSPS) is 13.0. The predicted molar refractivity (Wildman–Crippen MR) is 102 cm³/mol. The fourth-order valence-electron chi connectivity index (χ4n) is 2.27. The first kappa shape index (κ1) is 20.0. The summed E-state index contributed by atoms with van der Waals surface area (Å²) in [5.74, 6) is 0.885. The molecular formula is C22H28O4. The van der Waals surface area contributed by atoms with Crippen LogP contribution < -0.4 is 4.74 Å². The monoisotopic (exact) mass is 356 g/mol. The van der Waals surface area contributed by atoms with E-state index in [0.717, 1.165) is 17.7 Å². The summed E-state index contributed by atoms with van der Waals surface area (Å²) < 4.78 is 16.7. The number of benzene rings is 2. The number of rotatable bonds is 10. The Kier molecular flexibility index (Phi) is 8.16. The summed E-state index contributed by atoms with van der Waals surface area (Å²) in [5, 5.41) is 0. The first-order valence-electron chi connectivity index (χ1n) is 9.14. The molecule has 0 heterocycles. The van der Waals surface area contributed by atoms with Crippen LogP contribution in [0.2, 0.25) is 0 Å². The molecule has 0 fully saturated rings. The maximum absolute atomic E-state index is 12.2. The Bertz CT molecular complexity index is 652. The van der Waals surface area contributed by atoms with Gasteiger partial charge in [0, 0.05) is 6.61 Å². The van der Waals surface area contributed by atoms with Crippen molar-refractivity contribution >= 4 is 5.97 Å². The zero-order valence-electron chi connectivity index (χ0n) is 15.8. The quantitative estimate of drug-likeness (QED) is 0.570. The molecule has 0 amide bonds. The van der Waals surface area contributed by atoms with Crippen LogP contribution in [0.1, 0.15) is 43.1 Å². The largest absolute Gasteiger partial charge is 0.489 e. The zero-order chi connectivity index (χ0) is 18.8. The molecule has 0 aliphatic heterocycles. The van der Waals surface area contributed by atoms with Gasteiger partial charge in [0.25, 0.3) is 0 Å². The van der Waals surface area contributed by atoms with Crippen LogP contribution in [0.3, 0.4) is 0 Å². The summed E-state index contributed by atoms with van der Waals surface area (Å²) in [6, 6.07) is 16.9. The van der Waals surface area contributed by atoms with E-state index in [1.165, 1.54) is 0 Å². The molecule has 4 heteroatoms. The molecule has 2 atom stereocenters. The van der Waals surface area contributed by atoms with Gasteiger partial charge in [-0.2, -0.15) is 0 Å². The SMILES string of the molecule is CC[C@H](C)COC[C@@H](C)OC(=O)c1ccc(OCc2ccccc2)cc1. The molecule has 2 aromatic rings. The fraction of sp³-hybridized carbons (Fsp3) is 0.409. The van der Waals surface area contributed by atoms with Crippen LogP contribution in [0.15, 0.2) is 54.6 Å². The number of carbonyl (C=O) groups excluding carboxylic acids is 1. The maximum Gasteiger partial charge on any atom is 0.338 e. The van der Waals surface area contributed by atoms with Crippen LogP contribution in [0.4, 0.5) is 0 Å². The highest BCUT2D eigenvalue weighted by molar-refractivity contribution is 5.89. The standard InChI is InChI=1S/C22H28O4/c1-4-17(2)14-24-15-18(3)26-22(23)20-10-12-21(13-11-20)25-16-19-8-6-5-7-9-19/h5-13,17-18H,4,14-16H2,1-3H3/t17-,18+/m0/s1. The molecule has 0 bridgehead atoms. The van der Waals surface area contributed by atoms with E-state index in [1.54, 1.807) is 24.3 Å². The Morgan fingerprint density at radius 2 is 1.65 bits per heavy atom. The van der Waals surface area contributed by atoms with E-state index in [0.29, 0.717) is 31.3 Å². The lowest BCUT2D eigenvalue weighted by molar-refractivity contribution is -0.00372. The van der Waals surface area contributed by atoms with Crippen LogP contribution in [-0.4, -0.2) is 25.3 Å². The average molecular weight is 356 g/mol. The lowest BCUT2D eigenvalue weighted by atomic mass is 10.1. The minimum absolute atomic E-state index is 0.277. The van der Waals surface area contributed by atoms with Crippen LogP contribution in [-0.2, 0) is 16.1 Å². The van der Waals surface area contributed by atoms with E-state index in [4.69, 9.17) is 14.2 Å². The highest BCUT2D eigenvalue weighted by Gasteiger charge is 2.13. The lowest BCUT2D eigenvalue weighted by Crippen LogP contribution is -2.21. The molecule has 0 N–H and O–H groups in total. The van der Waals surface area contributed by atoms with Crippen LogP contribution >= 0.6 is 0 Å². The molecule has 0 aliphatic rings. The number of carbonyl (C=O) groups is 1. The third-order valence-corrected chi connectivity index (χ3v) is 4.10. The van der Waals surface area contributed by atoms with Gasteiger partial charge in [-0.05, 0) is 42.7 Å². The second-order valence-corrected chi connectivity index (χ2v) is 6.57. The van der Waals surface area contributed by atoms with Crippen molar-refractivity contribution < 1.29 is 19.0 Å². The van der Waals surface area contributed by atoms with Gasteiger partial charge in [0.15, 0.2) is 0 Å². The first-order chi connectivity index (χ1) is 12.6. The predicted octanol–water partition coefficient (Wildman–Crippen LogP) is 4.87. The van der Waals surface area contributed by atoms with E-state index in [1.807, 2.05) is 37.3 Å². The van der Waals surface area contributed by atoms with Gasteiger partial charge in [-0.25, -0.2) is 4.79 Å².